The van der Waals surface area contributed by atoms with Gasteiger partial charge in [0, 0.05) is 5.56 Å². The molecule has 2 aromatic carbocycles. The van der Waals surface area contributed by atoms with Crippen LogP contribution in [0, 0.1) is 5.92 Å². The highest BCUT2D eigenvalue weighted by atomic mass is 35.5. The fourth-order valence-electron chi connectivity index (χ4n) is 3.06. The number of para-hydroxylation sites is 1. The van der Waals surface area contributed by atoms with Crippen LogP contribution in [0.1, 0.15) is 32.3 Å². The molecule has 6 heteroatoms. The van der Waals surface area contributed by atoms with E-state index in [9.17, 15) is 9.59 Å². The summed E-state index contributed by atoms with van der Waals surface area (Å²) in [6.45, 7) is 5.61. The number of carbonyl (C=O) groups excluding carboxylic acids is 2. The van der Waals surface area contributed by atoms with Crippen molar-refractivity contribution in [3.05, 3.63) is 54.1 Å². The number of rotatable bonds is 3. The van der Waals surface area contributed by atoms with Crippen molar-refractivity contribution < 1.29 is 9.59 Å². The summed E-state index contributed by atoms with van der Waals surface area (Å²) in [5, 5.41) is 1.35. The van der Waals surface area contributed by atoms with E-state index in [-0.39, 0.29) is 36.1 Å². The number of halogens is 1. The molecule has 0 aromatic heterocycles. The fourth-order valence-corrected chi connectivity index (χ4v) is 3.06. The molecule has 2 atom stereocenters. The molecule has 0 fully saturated rings. The third kappa shape index (κ3) is 3.45. The number of hydrazine groups is 1. The Morgan fingerprint density at radius 3 is 2.31 bits per heavy atom. The zero-order valence-electron chi connectivity index (χ0n) is 15.1. The molecule has 1 aliphatic heterocycles. The van der Waals surface area contributed by atoms with Crippen LogP contribution in [-0.4, -0.2) is 17.9 Å². The van der Waals surface area contributed by atoms with Crippen molar-refractivity contribution in [3.63, 3.8) is 0 Å². The van der Waals surface area contributed by atoms with Gasteiger partial charge in [0.05, 0.1) is 17.6 Å². The van der Waals surface area contributed by atoms with Gasteiger partial charge >= 0.3 is 0 Å². The average molecular weight is 374 g/mol. The maximum absolute atomic E-state index is 13.1. The lowest BCUT2D eigenvalue weighted by molar-refractivity contribution is -0.127. The quantitative estimate of drug-likeness (QED) is 0.867. The van der Waals surface area contributed by atoms with Crippen molar-refractivity contribution in [3.8, 4) is 11.1 Å². The fraction of sp³-hybridized carbons (Fsp3) is 0.300. The van der Waals surface area contributed by atoms with Gasteiger partial charge in [-0.15, -0.1) is 12.4 Å². The molecule has 2 amide bonds. The molecule has 0 saturated heterocycles. The molecule has 3 rings (SSSR count). The maximum atomic E-state index is 13.1. The Labute approximate surface area is 159 Å². The van der Waals surface area contributed by atoms with Gasteiger partial charge in [0.1, 0.15) is 0 Å². The molecule has 0 spiro atoms. The van der Waals surface area contributed by atoms with Crippen molar-refractivity contribution in [2.24, 2.45) is 11.7 Å². The first-order valence-corrected chi connectivity index (χ1v) is 8.50. The van der Waals surface area contributed by atoms with Crippen molar-refractivity contribution in [2.45, 2.75) is 32.7 Å². The van der Waals surface area contributed by atoms with Crippen LogP contribution < -0.4 is 16.2 Å². The molecule has 0 radical (unpaired) electrons. The summed E-state index contributed by atoms with van der Waals surface area (Å²) < 4.78 is 0. The third-order valence-corrected chi connectivity index (χ3v) is 4.70. The molecular weight excluding hydrogens is 350 g/mol. The monoisotopic (exact) mass is 373 g/mol. The molecule has 0 bridgehead atoms. The minimum Gasteiger partial charge on any atom is -0.320 e. The molecule has 1 heterocycles. The summed E-state index contributed by atoms with van der Waals surface area (Å²) in [4.78, 5) is 25.5. The minimum atomic E-state index is -0.680. The second-order valence-electron chi connectivity index (χ2n) is 6.75. The maximum Gasteiger partial charge on any atom is 0.256 e. The Kier molecular flexibility index (Phi) is 6.05. The zero-order valence-corrected chi connectivity index (χ0v) is 15.9. The lowest BCUT2D eigenvalue weighted by Gasteiger charge is -2.27. The van der Waals surface area contributed by atoms with Crippen LogP contribution in [0.15, 0.2) is 48.5 Å². The molecule has 3 N–H and O–H groups in total. The van der Waals surface area contributed by atoms with Crippen LogP contribution >= 0.6 is 12.4 Å². The topological polar surface area (TPSA) is 75.4 Å². The van der Waals surface area contributed by atoms with E-state index in [4.69, 9.17) is 5.73 Å². The Hall–Kier alpha value is -2.37. The third-order valence-electron chi connectivity index (χ3n) is 4.70. The summed E-state index contributed by atoms with van der Waals surface area (Å²) in [6, 6.07) is 14.7. The Morgan fingerprint density at radius 1 is 1.08 bits per heavy atom. The molecule has 0 saturated carbocycles. The van der Waals surface area contributed by atoms with Crippen molar-refractivity contribution in [1.29, 1.82) is 0 Å². The van der Waals surface area contributed by atoms with Crippen LogP contribution in [-0.2, 0) is 9.59 Å². The van der Waals surface area contributed by atoms with Gasteiger partial charge in [-0.1, -0.05) is 56.3 Å². The number of nitrogens with two attached hydrogens (primary N) is 1. The summed E-state index contributed by atoms with van der Waals surface area (Å²) >= 11 is 0. The van der Waals surface area contributed by atoms with E-state index >= 15 is 0 Å². The van der Waals surface area contributed by atoms with E-state index in [1.54, 1.807) is 0 Å². The van der Waals surface area contributed by atoms with E-state index in [1.807, 2.05) is 69.3 Å². The number of benzene rings is 2. The van der Waals surface area contributed by atoms with Gasteiger partial charge in [-0.3, -0.25) is 15.0 Å². The van der Waals surface area contributed by atoms with E-state index in [2.05, 4.69) is 5.43 Å². The highest BCUT2D eigenvalue weighted by Crippen LogP contribution is 2.39. The van der Waals surface area contributed by atoms with Gasteiger partial charge in [-0.2, -0.15) is 0 Å². The Morgan fingerprint density at radius 2 is 1.65 bits per heavy atom. The first-order valence-electron chi connectivity index (χ1n) is 8.50. The number of amides is 2. The first kappa shape index (κ1) is 19.9. The van der Waals surface area contributed by atoms with E-state index in [0.29, 0.717) is 5.69 Å². The summed E-state index contributed by atoms with van der Waals surface area (Å²) in [5.41, 5.74) is 12.2. The zero-order chi connectivity index (χ0) is 18.1. The highest BCUT2D eigenvalue weighted by molar-refractivity contribution is 6.06. The molecular formula is C20H24ClN3O2. The predicted molar refractivity (Wildman–Crippen MR) is 106 cm³/mol. The molecule has 0 aliphatic carbocycles. The van der Waals surface area contributed by atoms with Crippen LogP contribution in [0.3, 0.4) is 0 Å². The van der Waals surface area contributed by atoms with Crippen molar-refractivity contribution in [2.75, 3.05) is 5.01 Å². The number of carbonyl (C=O) groups is 2. The van der Waals surface area contributed by atoms with E-state index in [1.165, 1.54) is 5.01 Å². The summed E-state index contributed by atoms with van der Waals surface area (Å²) in [7, 11) is 0. The smallest absolute Gasteiger partial charge is 0.256 e. The number of anilines is 1. The molecule has 1 unspecified atom stereocenters. The van der Waals surface area contributed by atoms with Crippen LogP contribution in [0.5, 0.6) is 0 Å². The molecule has 1 aliphatic rings. The second kappa shape index (κ2) is 7.89. The number of hydrogen-bond donors (Lipinski definition) is 2. The number of fused-ring (bicyclic) bond motifs is 3. The predicted octanol–water partition coefficient (Wildman–Crippen LogP) is 3.24. The van der Waals surface area contributed by atoms with Crippen molar-refractivity contribution in [1.82, 2.24) is 5.43 Å². The van der Waals surface area contributed by atoms with Gasteiger partial charge in [0.2, 0.25) is 0 Å². The number of nitrogens with one attached hydrogen (secondary N) is 1. The minimum absolute atomic E-state index is 0. The normalized spacial score (nSPS) is 16.9. The average Bonchev–Trinajstić information content (AvgIpc) is 2.71. The molecule has 2 aromatic rings. The lowest BCUT2D eigenvalue weighted by Crippen LogP contribution is -2.54. The molecule has 5 nitrogen and oxygen atoms in total. The largest absolute Gasteiger partial charge is 0.320 e. The summed E-state index contributed by atoms with van der Waals surface area (Å²) in [6.07, 6.45) is 0. The summed E-state index contributed by atoms with van der Waals surface area (Å²) in [5.74, 6) is -0.941. The Balaban J connectivity index is 0.00000243. The van der Waals surface area contributed by atoms with Crippen LogP contribution in [0.25, 0.3) is 11.1 Å². The molecule has 138 valence electrons. The number of nitrogens with zero attached hydrogens (tertiary/aromatic N) is 1. The van der Waals surface area contributed by atoms with Gasteiger partial charge in [-0.05, 0) is 30.0 Å². The highest BCUT2D eigenvalue weighted by Gasteiger charge is 2.33. The van der Waals surface area contributed by atoms with Crippen molar-refractivity contribution >= 4 is 29.9 Å². The SMILES string of the molecule is CC1C(=O)N(NC(=O)[C@@H](N)C(C)C)c2ccccc2-c2ccccc21.Cl. The van der Waals surface area contributed by atoms with Gasteiger partial charge in [-0.25, -0.2) is 5.01 Å². The van der Waals surface area contributed by atoms with Gasteiger partial charge < -0.3 is 5.73 Å². The van der Waals surface area contributed by atoms with E-state index < -0.39 is 6.04 Å². The number of hydrogen-bond acceptors (Lipinski definition) is 3. The van der Waals surface area contributed by atoms with Crippen LogP contribution in [0.2, 0.25) is 0 Å². The first-order chi connectivity index (χ1) is 11.9. The molecule has 26 heavy (non-hydrogen) atoms. The second-order valence-corrected chi connectivity index (χ2v) is 6.75. The van der Waals surface area contributed by atoms with E-state index in [0.717, 1.165) is 16.7 Å². The van der Waals surface area contributed by atoms with Gasteiger partial charge in [0.25, 0.3) is 11.8 Å². The van der Waals surface area contributed by atoms with Gasteiger partial charge in [0.15, 0.2) is 0 Å². The lowest BCUT2D eigenvalue weighted by atomic mass is 9.92. The standard InChI is InChI=1S/C20H23N3O2.ClH/c1-12(2)18(21)19(24)22-23-17-11-7-6-10-16(17)15-9-5-4-8-14(15)13(3)20(23)25;/h4-13,18H,21H2,1-3H3,(H,22,24);1H/t13?,18-;/m0./s1. The van der Waals surface area contributed by atoms with Crippen LogP contribution in [0.4, 0.5) is 5.69 Å². The Bertz CT molecular complexity index is 822.